The Labute approximate surface area is 443 Å². The molecule has 2 unspecified atom stereocenters. The van der Waals surface area contributed by atoms with Crippen molar-refractivity contribution < 1.29 is 57.7 Å². The first kappa shape index (κ1) is 55.4. The van der Waals surface area contributed by atoms with Crippen molar-refractivity contribution in [2.75, 3.05) is 37.2 Å². The molecule has 3 aliphatic rings. The van der Waals surface area contributed by atoms with Gasteiger partial charge in [-0.15, -0.1) is 0 Å². The summed E-state index contributed by atoms with van der Waals surface area (Å²) >= 11 is 3.33. The van der Waals surface area contributed by atoms with Crippen molar-refractivity contribution >= 4 is 69.9 Å². The number of H-pyrrole nitrogens is 1. The Hall–Kier alpha value is -7.37. The Bertz CT molecular complexity index is 2970. The number of urea groups is 2. The Morgan fingerprint density at radius 1 is 0.720 bits per heavy atom. The number of hydrogen-bond donors (Lipinski definition) is 3. The second-order valence-corrected chi connectivity index (χ2v) is 20.5. The molecule has 3 aliphatic heterocycles. The van der Waals surface area contributed by atoms with Crippen LogP contribution in [0.4, 0.5) is 25.8 Å². The zero-order chi connectivity index (χ0) is 54.4. The number of aliphatic hydroxyl groups is 2. The normalized spacial score (nSPS) is 17.9. The van der Waals surface area contributed by atoms with Crippen LogP contribution in [0.3, 0.4) is 0 Å². The van der Waals surface area contributed by atoms with Gasteiger partial charge in [-0.1, -0.05) is 52.3 Å². The van der Waals surface area contributed by atoms with Crippen molar-refractivity contribution in [1.29, 1.82) is 0 Å². The van der Waals surface area contributed by atoms with Gasteiger partial charge >= 0.3 is 25.3 Å². The molecule has 6 aromatic rings. The highest BCUT2D eigenvalue weighted by atomic mass is 79.9. The van der Waals surface area contributed by atoms with E-state index < -0.39 is 79.2 Å². The zero-order valence-corrected chi connectivity index (χ0v) is 44.7. The third kappa shape index (κ3) is 12.6. The molecule has 0 spiro atoms. The third-order valence-corrected chi connectivity index (χ3v) is 13.2. The maximum Gasteiger partial charge on any atom is 0.498 e. The average Bonchev–Trinajstić information content (AvgIpc) is 4.21. The number of ether oxygens (including phenoxy) is 3. The van der Waals surface area contributed by atoms with Gasteiger partial charge in [0, 0.05) is 47.2 Å². The van der Waals surface area contributed by atoms with Gasteiger partial charge in [0.1, 0.15) is 29.2 Å². The van der Waals surface area contributed by atoms with Gasteiger partial charge in [0.15, 0.2) is 0 Å². The van der Waals surface area contributed by atoms with Crippen molar-refractivity contribution in [3.63, 3.8) is 0 Å². The average molecular weight is 1090 g/mol. The first-order chi connectivity index (χ1) is 35.6. The lowest BCUT2D eigenvalue weighted by atomic mass is 9.82. The van der Waals surface area contributed by atoms with Crippen LogP contribution >= 0.6 is 15.9 Å². The number of rotatable bonds is 12. The van der Waals surface area contributed by atoms with Gasteiger partial charge in [0.25, 0.3) is 11.8 Å². The molecule has 6 amide bonds. The summed E-state index contributed by atoms with van der Waals surface area (Å²) in [5.74, 6) is 0.447. The van der Waals surface area contributed by atoms with E-state index in [4.69, 9.17) is 23.5 Å². The highest BCUT2D eigenvalue weighted by Gasteiger charge is 2.52. The fourth-order valence-corrected chi connectivity index (χ4v) is 8.31. The number of aliphatic hydroxyl groups excluding tert-OH is 2. The molecule has 0 aliphatic carbocycles. The number of anilines is 2. The second-order valence-electron chi connectivity index (χ2n) is 19.6. The van der Waals surface area contributed by atoms with Gasteiger partial charge in [-0.3, -0.25) is 14.7 Å². The first-order valence-electron chi connectivity index (χ1n) is 23.8. The van der Waals surface area contributed by atoms with Crippen molar-refractivity contribution in [2.45, 2.75) is 90.4 Å². The van der Waals surface area contributed by atoms with Gasteiger partial charge in [-0.2, -0.15) is 14.9 Å². The van der Waals surface area contributed by atoms with E-state index in [1.807, 2.05) is 84.9 Å². The lowest BCUT2D eigenvalue weighted by molar-refractivity contribution is -0.121. The molecule has 4 aromatic carbocycles. The first-order valence-corrected chi connectivity index (χ1v) is 24.6. The summed E-state index contributed by atoms with van der Waals surface area (Å²) in [5.41, 5.74) is 3.66. The summed E-state index contributed by atoms with van der Waals surface area (Å²) in [6, 6.07) is 25.7. The van der Waals surface area contributed by atoms with E-state index >= 15 is 0 Å². The van der Waals surface area contributed by atoms with Crippen LogP contribution < -0.4 is 24.7 Å². The molecule has 394 valence electrons. The van der Waals surface area contributed by atoms with E-state index in [1.165, 1.54) is 9.80 Å². The molecule has 9 rings (SSSR count). The zero-order valence-electron chi connectivity index (χ0n) is 43.1. The van der Waals surface area contributed by atoms with Gasteiger partial charge in [0.05, 0.1) is 56.2 Å². The summed E-state index contributed by atoms with van der Waals surface area (Å²) in [6.45, 7) is 12.9. The number of benzene rings is 4. The number of methoxy groups -OCH3 is 2. The Morgan fingerprint density at radius 3 is 1.63 bits per heavy atom. The number of aromatic nitrogens is 4. The Balaban J connectivity index is 0.000000166. The number of imide groups is 2. The van der Waals surface area contributed by atoms with Gasteiger partial charge in [-0.05, 0) is 126 Å². The van der Waals surface area contributed by atoms with E-state index in [0.717, 1.165) is 41.2 Å². The minimum Gasteiger partial charge on any atom is -0.497 e. The van der Waals surface area contributed by atoms with Crippen LogP contribution in [0.15, 0.2) is 126 Å². The van der Waals surface area contributed by atoms with Crippen LogP contribution in [-0.2, 0) is 36.7 Å². The molecule has 20 nitrogen and oxygen atoms in total. The van der Waals surface area contributed by atoms with Crippen molar-refractivity contribution in [3.8, 4) is 22.6 Å². The fraction of sp³-hybridized carbons (Fsp3) is 0.340. The summed E-state index contributed by atoms with van der Waals surface area (Å²) in [7, 11) is 2.59. The molecule has 3 N–H and O–H groups in total. The maximum absolute atomic E-state index is 13.0. The molecule has 0 radical (unpaired) electrons. The van der Waals surface area contributed by atoms with E-state index in [1.54, 1.807) is 99.7 Å². The number of halogens is 1. The highest BCUT2D eigenvalue weighted by molar-refractivity contribution is 9.10. The summed E-state index contributed by atoms with van der Waals surface area (Å²) in [5, 5.41) is 30.1. The van der Waals surface area contributed by atoms with E-state index in [0.29, 0.717) is 28.3 Å². The highest BCUT2D eigenvalue weighted by Crippen LogP contribution is 2.37. The lowest BCUT2D eigenvalue weighted by Gasteiger charge is -2.32. The quantitative estimate of drug-likeness (QED) is 0.0815. The molecule has 5 heterocycles. The standard InChI is InChI=1S/C21H20N4O4.C18H17BrN2O4.C14H23BN2O4/c1-29-18-4-2-3-14(9-18)12-24-19(13-26)20(27)25(21(24)28)17-7-5-15(6-8-17)16-10-22-23-11-16;1-25-15-4-2-3-12(9-15)10-20-16(11-22)17(23)21(18(20)24)14-7-5-13(19)6-8-14;1-12(2,3)19-11(18)17-9-10(8-16-17)15-20-13(4,5)14(6,7)21-15/h2-11,19,26H,12-13H2,1H3,(H,22,23);2-9,16,22H,10-11H2,1H3;8-9H,1-7H3. The molecule has 0 saturated carbocycles. The minimum atomic E-state index is -0.928. The smallest absolute Gasteiger partial charge is 0.497 e. The molecule has 22 heteroatoms. The van der Waals surface area contributed by atoms with Crippen molar-refractivity contribution in [2.24, 2.45) is 0 Å². The summed E-state index contributed by atoms with van der Waals surface area (Å²) in [4.78, 5) is 68.2. The predicted molar refractivity (Wildman–Crippen MR) is 282 cm³/mol. The number of carbonyl (C=O) groups excluding carboxylic acids is 5. The molecule has 3 fully saturated rings. The number of aromatic amines is 1. The molecule has 75 heavy (non-hydrogen) atoms. The van der Waals surface area contributed by atoms with E-state index in [9.17, 15) is 34.2 Å². The predicted octanol–water partition coefficient (Wildman–Crippen LogP) is 7.17. The van der Waals surface area contributed by atoms with Crippen LogP contribution in [0.25, 0.3) is 11.1 Å². The maximum atomic E-state index is 13.0. The van der Waals surface area contributed by atoms with E-state index in [2.05, 4.69) is 31.2 Å². The largest absolute Gasteiger partial charge is 0.498 e. The van der Waals surface area contributed by atoms with Crippen molar-refractivity contribution in [3.05, 3.63) is 137 Å². The topological polar surface area (TPSA) is 231 Å². The second kappa shape index (κ2) is 23.0. The van der Waals surface area contributed by atoms with Gasteiger partial charge in [0.2, 0.25) is 0 Å². The number of nitrogens with one attached hydrogen (secondary N) is 1. The van der Waals surface area contributed by atoms with Crippen LogP contribution in [-0.4, -0.2) is 133 Å². The van der Waals surface area contributed by atoms with Gasteiger partial charge in [-0.25, -0.2) is 24.2 Å². The molecule has 2 aromatic heterocycles. The summed E-state index contributed by atoms with van der Waals surface area (Å²) < 4.78 is 29.5. The van der Waals surface area contributed by atoms with Crippen LogP contribution in [0.1, 0.15) is 59.6 Å². The van der Waals surface area contributed by atoms with Crippen LogP contribution in [0.2, 0.25) is 0 Å². The monoisotopic (exact) mass is 1090 g/mol. The molecular formula is C53H60BBrN8O12. The molecule has 2 atom stereocenters. The molecule has 3 saturated heterocycles. The Morgan fingerprint density at radius 2 is 1.20 bits per heavy atom. The van der Waals surface area contributed by atoms with Crippen LogP contribution in [0.5, 0.6) is 11.5 Å². The molecule has 0 bridgehead atoms. The lowest BCUT2D eigenvalue weighted by Crippen LogP contribution is -2.41. The molecular weight excluding hydrogens is 1030 g/mol. The third-order valence-electron chi connectivity index (χ3n) is 12.7. The number of nitrogens with zero attached hydrogens (tertiary/aromatic N) is 7. The fourth-order valence-electron chi connectivity index (χ4n) is 8.04. The summed E-state index contributed by atoms with van der Waals surface area (Å²) in [6.07, 6.45) is 6.07. The van der Waals surface area contributed by atoms with Crippen molar-refractivity contribution in [1.82, 2.24) is 29.8 Å². The van der Waals surface area contributed by atoms with E-state index in [-0.39, 0.29) is 13.1 Å². The SMILES string of the molecule is CC(C)(C)OC(=O)n1cc(B2OC(C)(C)C(C)(C)O2)cn1.COc1cccc(CN2C(=O)N(c3ccc(-c4cn[nH]c4)cc3)C(=O)C2CO)c1.COc1cccc(CN2C(=O)N(c3ccc(Br)cc3)C(=O)C2CO)c1. The van der Waals surface area contributed by atoms with Gasteiger partial charge < -0.3 is 43.5 Å². The number of amides is 6. The van der Waals surface area contributed by atoms with Crippen LogP contribution in [0, 0.1) is 0 Å². The number of carbonyl (C=O) groups is 5. The number of hydrogen-bond acceptors (Lipinski definition) is 14. The minimum absolute atomic E-state index is 0.191. The Kier molecular flexibility index (Phi) is 17.0.